The molecule has 1 aliphatic rings. The summed E-state index contributed by atoms with van der Waals surface area (Å²) in [6.45, 7) is 1.67. The van der Waals surface area contributed by atoms with E-state index in [1.165, 1.54) is 41.4 Å². The molecule has 78 heavy (non-hydrogen) atoms. The topological polar surface area (TPSA) is 269 Å². The number of aryl methyl sites for hydroxylation is 4. The monoisotopic (exact) mass is 1100 g/mol. The highest BCUT2D eigenvalue weighted by Crippen LogP contribution is 2.40. The molecule has 6 heterocycles. The van der Waals surface area contributed by atoms with Crippen molar-refractivity contribution in [1.29, 1.82) is 0 Å². The predicted molar refractivity (Wildman–Crippen MR) is 269 cm³/mol. The molecule has 0 saturated heterocycles. The van der Waals surface area contributed by atoms with Crippen molar-refractivity contribution in [2.75, 3.05) is 23.0 Å². The Kier molecular flexibility index (Phi) is 19.8. The molecule has 410 valence electrons. The van der Waals surface area contributed by atoms with Gasteiger partial charge in [0, 0.05) is 56.0 Å². The van der Waals surface area contributed by atoms with Gasteiger partial charge in [0.05, 0.1) is 49.1 Å². The van der Waals surface area contributed by atoms with Gasteiger partial charge in [-0.3, -0.25) is 29.1 Å². The van der Waals surface area contributed by atoms with Crippen molar-refractivity contribution in [2.45, 2.75) is 109 Å². The normalized spacial score (nSPS) is 13.2. The Morgan fingerprint density at radius 3 is 2.10 bits per heavy atom. The number of rotatable bonds is 23. The lowest BCUT2D eigenvalue weighted by atomic mass is 9.91. The zero-order valence-corrected chi connectivity index (χ0v) is 42.7. The molecule has 7 aromatic rings. The molecular formula is C50H51F6N15O6S. The van der Waals surface area contributed by atoms with Crippen LogP contribution in [0.25, 0.3) is 0 Å². The van der Waals surface area contributed by atoms with Crippen LogP contribution in [0, 0.1) is 6.92 Å². The number of aromatic nitrogens is 11. The van der Waals surface area contributed by atoms with Gasteiger partial charge in [-0.15, -0.1) is 38.7 Å². The maximum Gasteiger partial charge on any atom is 0.573 e. The number of nitrogens with zero attached hydrogens (tertiary/aromatic N) is 11. The Morgan fingerprint density at radius 1 is 0.744 bits per heavy atom. The lowest BCUT2D eigenvalue weighted by Crippen LogP contribution is -2.43. The van der Waals surface area contributed by atoms with Gasteiger partial charge in [0.25, 0.3) is 11.8 Å². The number of benzene rings is 1. The Morgan fingerprint density at radius 2 is 1.44 bits per heavy atom. The van der Waals surface area contributed by atoms with Crippen LogP contribution < -0.4 is 30.7 Å². The minimum Gasteiger partial charge on any atom is -0.490 e. The minimum atomic E-state index is -4.81. The second-order valence-electron chi connectivity index (χ2n) is 17.7. The van der Waals surface area contributed by atoms with E-state index in [4.69, 9.17) is 4.74 Å². The summed E-state index contributed by atoms with van der Waals surface area (Å²) in [5, 5.41) is 43.3. The SMILES string of the molecule is CNC(=O)c1cn(C[C@H](F)CCc2ccc(NC(=O)Cc3cc(OC4CC(F)(F)C4)cc(C)n3)nn2)nn1.O=C(Cc1cccc(OC(F)(F)F)c1)Nc1ccc(CCCCc2nnc(NC(=O)Cc3ccccn3)s2)nn1. The van der Waals surface area contributed by atoms with Crippen LogP contribution in [0.4, 0.5) is 43.1 Å². The Hall–Kier alpha value is -8.56. The first-order valence-corrected chi connectivity index (χ1v) is 25.0. The average molecular weight is 1100 g/mol. The number of unbranched alkanes of at least 4 members (excludes halogenated alkanes) is 1. The fourth-order valence-electron chi connectivity index (χ4n) is 7.48. The van der Waals surface area contributed by atoms with Gasteiger partial charge in [0.1, 0.15) is 28.8 Å². The Balaban J connectivity index is 0.000000226. The van der Waals surface area contributed by atoms with Crippen LogP contribution in [-0.2, 0) is 59.5 Å². The molecule has 0 spiro atoms. The first kappa shape index (κ1) is 57.2. The van der Waals surface area contributed by atoms with E-state index in [9.17, 15) is 45.5 Å². The third-order valence-corrected chi connectivity index (χ3v) is 12.0. The van der Waals surface area contributed by atoms with Crippen molar-refractivity contribution in [3.63, 3.8) is 0 Å². The zero-order chi connectivity index (χ0) is 55.7. The van der Waals surface area contributed by atoms with E-state index in [-0.39, 0.29) is 74.2 Å². The number of nitrogens with one attached hydrogen (secondary N) is 4. The van der Waals surface area contributed by atoms with Gasteiger partial charge in [-0.05, 0) is 93.1 Å². The molecule has 0 aliphatic heterocycles. The summed E-state index contributed by atoms with van der Waals surface area (Å²) in [7, 11) is 1.47. The van der Waals surface area contributed by atoms with E-state index in [0.29, 0.717) is 58.5 Å². The number of pyridine rings is 2. The number of amides is 4. The molecule has 1 saturated carbocycles. The van der Waals surface area contributed by atoms with Gasteiger partial charge in [-0.2, -0.15) is 10.2 Å². The molecule has 4 N–H and O–H groups in total. The molecule has 21 nitrogen and oxygen atoms in total. The number of anilines is 3. The Bertz CT molecular complexity index is 3110. The van der Waals surface area contributed by atoms with E-state index in [2.05, 4.69) is 76.9 Å². The Labute approximate surface area is 445 Å². The molecule has 0 unspecified atom stereocenters. The number of hydrogen-bond donors (Lipinski definition) is 4. The van der Waals surface area contributed by atoms with Crippen LogP contribution >= 0.6 is 11.3 Å². The van der Waals surface area contributed by atoms with E-state index in [1.807, 2.05) is 6.07 Å². The van der Waals surface area contributed by atoms with Gasteiger partial charge in [0.15, 0.2) is 17.3 Å². The highest BCUT2D eigenvalue weighted by molar-refractivity contribution is 7.15. The van der Waals surface area contributed by atoms with E-state index < -0.39 is 42.1 Å². The van der Waals surface area contributed by atoms with Crippen LogP contribution in [0.3, 0.4) is 0 Å². The van der Waals surface area contributed by atoms with Crippen LogP contribution in [0.2, 0.25) is 0 Å². The van der Waals surface area contributed by atoms with Crippen molar-refractivity contribution in [3.05, 3.63) is 136 Å². The van der Waals surface area contributed by atoms with Gasteiger partial charge in [-0.25, -0.2) is 17.9 Å². The molecule has 28 heteroatoms. The van der Waals surface area contributed by atoms with Crippen LogP contribution in [0.1, 0.15) is 81.6 Å². The summed E-state index contributed by atoms with van der Waals surface area (Å²) in [6.07, 6.45) is -0.848. The maximum absolute atomic E-state index is 14.4. The fraction of sp³-hybridized carbons (Fsp3) is 0.360. The molecular weight excluding hydrogens is 1050 g/mol. The highest BCUT2D eigenvalue weighted by atomic mass is 32.1. The standard InChI is InChI=1S/C26H24F3N7O3S.C24H27F3N8O3/c27-26(28,29)39-20-9-5-6-17(14-20)15-22(37)31-21-12-11-18(33-34-21)7-1-2-10-24-35-36-25(40-24)32-23(38)16-19-8-3-4-13-30-19;1-14-7-18(38-19-10-24(26,27)11-19)8-17(29-14)9-22(36)30-21-6-5-16(31-33-21)4-3-15(25)12-35-13-20(32-34-35)23(37)28-2/h3-6,8-9,11-14H,1-2,7,10,15-16H2,(H,31,34,37)(H,32,36,38);5-8,13,15,19H,3-4,9-12H2,1-2H3,(H,28,37)(H,30,33,36)/t;15-/m.1/s1. The molecule has 1 aliphatic carbocycles. The molecule has 6 aromatic heterocycles. The third-order valence-electron chi connectivity index (χ3n) is 11.1. The summed E-state index contributed by atoms with van der Waals surface area (Å²) in [6, 6.07) is 20.4. The molecule has 1 fully saturated rings. The quantitative estimate of drug-likeness (QED) is 0.0371. The molecule has 8 rings (SSSR count). The lowest BCUT2D eigenvalue weighted by Gasteiger charge is -2.34. The summed E-state index contributed by atoms with van der Waals surface area (Å²) in [5.41, 5.74) is 3.45. The molecule has 1 aromatic carbocycles. The summed E-state index contributed by atoms with van der Waals surface area (Å²) in [4.78, 5) is 56.8. The summed E-state index contributed by atoms with van der Waals surface area (Å²) in [5.74, 6) is -3.66. The average Bonchev–Trinajstić information content (AvgIpc) is 4.05. The van der Waals surface area contributed by atoms with E-state index in [1.54, 1.807) is 61.7 Å². The van der Waals surface area contributed by atoms with Crippen LogP contribution in [0.5, 0.6) is 11.5 Å². The first-order valence-electron chi connectivity index (χ1n) is 24.2. The molecule has 1 atom stereocenters. The van der Waals surface area contributed by atoms with E-state index in [0.717, 1.165) is 35.7 Å². The highest BCUT2D eigenvalue weighted by Gasteiger charge is 2.47. The second kappa shape index (κ2) is 27.0. The van der Waals surface area contributed by atoms with Crippen LogP contribution in [-0.4, -0.2) is 111 Å². The van der Waals surface area contributed by atoms with Crippen molar-refractivity contribution in [3.8, 4) is 11.5 Å². The maximum atomic E-state index is 14.4. The lowest BCUT2D eigenvalue weighted by molar-refractivity contribution is -0.274. The molecule has 4 amide bonds. The number of ether oxygens (including phenoxy) is 2. The minimum absolute atomic E-state index is 0.0571. The molecule has 0 radical (unpaired) electrons. The number of alkyl halides is 6. The largest absolute Gasteiger partial charge is 0.573 e. The number of carbonyl (C=O) groups is 4. The van der Waals surface area contributed by atoms with Gasteiger partial charge in [-0.1, -0.05) is 34.7 Å². The van der Waals surface area contributed by atoms with Crippen LogP contribution in [0.15, 0.2) is 91.3 Å². The van der Waals surface area contributed by atoms with Crippen molar-refractivity contribution < 1.29 is 55.0 Å². The summed E-state index contributed by atoms with van der Waals surface area (Å²) >= 11 is 1.33. The smallest absolute Gasteiger partial charge is 0.490 e. The number of carbonyl (C=O) groups excluding carboxylic acids is 4. The second-order valence-corrected chi connectivity index (χ2v) is 18.8. The van der Waals surface area contributed by atoms with Gasteiger partial charge < -0.3 is 30.7 Å². The summed E-state index contributed by atoms with van der Waals surface area (Å²) < 4.78 is 88.4. The zero-order valence-electron chi connectivity index (χ0n) is 41.8. The van der Waals surface area contributed by atoms with E-state index >= 15 is 0 Å². The predicted octanol–water partition coefficient (Wildman–Crippen LogP) is 7.01. The van der Waals surface area contributed by atoms with Crippen molar-refractivity contribution in [1.82, 2.24) is 60.9 Å². The third kappa shape index (κ3) is 19.2. The number of halogens is 6. The van der Waals surface area contributed by atoms with Crippen molar-refractivity contribution in [2.24, 2.45) is 0 Å². The number of hydrogen-bond acceptors (Lipinski definition) is 17. The van der Waals surface area contributed by atoms with Crippen molar-refractivity contribution >= 4 is 51.7 Å². The molecule has 0 bridgehead atoms. The van der Waals surface area contributed by atoms with Gasteiger partial charge >= 0.3 is 6.36 Å². The first-order chi connectivity index (χ1) is 37.3. The van der Waals surface area contributed by atoms with Gasteiger partial charge in [0.2, 0.25) is 22.9 Å². The fourth-order valence-corrected chi connectivity index (χ4v) is 8.27.